The quantitative estimate of drug-likeness (QED) is 0.893. The number of benzene rings is 1. The van der Waals surface area contributed by atoms with Crippen molar-refractivity contribution in [1.82, 2.24) is 4.98 Å². The Balaban J connectivity index is 2.08. The molecule has 3 nitrogen and oxygen atoms in total. The molecule has 0 bridgehead atoms. The van der Waals surface area contributed by atoms with Crippen LogP contribution in [0.3, 0.4) is 0 Å². The number of pyridine rings is 1. The summed E-state index contributed by atoms with van der Waals surface area (Å²) in [5.41, 5.74) is 7.66. The monoisotopic (exact) mass is 242 g/mol. The van der Waals surface area contributed by atoms with Gasteiger partial charge in [-0.15, -0.1) is 0 Å². The van der Waals surface area contributed by atoms with Crippen LogP contribution < -0.4 is 10.5 Å². The fraction of sp³-hybridized carbons (Fsp3) is 0.267. The van der Waals surface area contributed by atoms with Gasteiger partial charge in [-0.1, -0.05) is 26.0 Å². The molecule has 0 saturated heterocycles. The molecule has 0 aliphatic rings. The van der Waals surface area contributed by atoms with E-state index in [0.29, 0.717) is 12.5 Å². The second-order valence-corrected chi connectivity index (χ2v) is 4.52. The van der Waals surface area contributed by atoms with Gasteiger partial charge in [-0.05, 0) is 35.7 Å². The Hall–Kier alpha value is -1.87. The van der Waals surface area contributed by atoms with Crippen LogP contribution in [0.4, 0.5) is 0 Å². The Morgan fingerprint density at radius 3 is 2.22 bits per heavy atom. The van der Waals surface area contributed by atoms with Crippen molar-refractivity contribution in [2.24, 2.45) is 5.73 Å². The van der Waals surface area contributed by atoms with Gasteiger partial charge in [-0.2, -0.15) is 0 Å². The van der Waals surface area contributed by atoms with Crippen LogP contribution in [0.2, 0.25) is 0 Å². The van der Waals surface area contributed by atoms with Crippen molar-refractivity contribution in [1.29, 1.82) is 0 Å². The molecule has 0 spiro atoms. The van der Waals surface area contributed by atoms with Crippen LogP contribution in [0.25, 0.3) is 0 Å². The predicted molar refractivity (Wildman–Crippen MR) is 72.7 cm³/mol. The molecule has 0 amide bonds. The zero-order valence-corrected chi connectivity index (χ0v) is 10.8. The lowest BCUT2D eigenvalue weighted by Gasteiger charge is -2.08. The third-order valence-electron chi connectivity index (χ3n) is 2.79. The summed E-state index contributed by atoms with van der Waals surface area (Å²) >= 11 is 0. The molecule has 3 heteroatoms. The summed E-state index contributed by atoms with van der Waals surface area (Å²) in [6.07, 6.45) is 1.69. The van der Waals surface area contributed by atoms with Gasteiger partial charge >= 0.3 is 0 Å². The second kappa shape index (κ2) is 5.65. The van der Waals surface area contributed by atoms with Crippen molar-refractivity contribution in [3.63, 3.8) is 0 Å². The summed E-state index contributed by atoms with van der Waals surface area (Å²) in [6, 6.07) is 11.9. The summed E-state index contributed by atoms with van der Waals surface area (Å²) in [7, 11) is 0. The fourth-order valence-corrected chi connectivity index (χ4v) is 1.65. The highest BCUT2D eigenvalue weighted by Crippen LogP contribution is 2.23. The molecule has 18 heavy (non-hydrogen) atoms. The van der Waals surface area contributed by atoms with E-state index in [1.54, 1.807) is 6.20 Å². The smallest absolute Gasteiger partial charge is 0.145 e. The van der Waals surface area contributed by atoms with Crippen LogP contribution in [0.15, 0.2) is 42.6 Å². The maximum Gasteiger partial charge on any atom is 0.145 e. The van der Waals surface area contributed by atoms with Crippen molar-refractivity contribution in [3.05, 3.63) is 53.9 Å². The third-order valence-corrected chi connectivity index (χ3v) is 2.79. The van der Waals surface area contributed by atoms with Gasteiger partial charge in [0.15, 0.2) is 0 Å². The van der Waals surface area contributed by atoms with E-state index in [4.69, 9.17) is 10.5 Å². The number of aromatic nitrogens is 1. The molecule has 2 N–H and O–H groups in total. The number of ether oxygens (including phenoxy) is 1. The largest absolute Gasteiger partial charge is 0.456 e. The van der Waals surface area contributed by atoms with Gasteiger partial charge in [0.05, 0.1) is 11.9 Å². The molecule has 0 saturated carbocycles. The van der Waals surface area contributed by atoms with Crippen LogP contribution in [-0.2, 0) is 6.54 Å². The van der Waals surface area contributed by atoms with E-state index in [9.17, 15) is 0 Å². The Kier molecular flexibility index (Phi) is 3.95. The van der Waals surface area contributed by atoms with E-state index in [1.165, 1.54) is 5.56 Å². The first-order chi connectivity index (χ1) is 8.69. The highest BCUT2D eigenvalue weighted by atomic mass is 16.5. The Bertz CT molecular complexity index is 489. The summed E-state index contributed by atoms with van der Waals surface area (Å²) in [6.45, 7) is 4.79. The molecule has 1 aromatic heterocycles. The average molecular weight is 242 g/mol. The summed E-state index contributed by atoms with van der Waals surface area (Å²) < 4.78 is 5.71. The zero-order chi connectivity index (χ0) is 13.0. The van der Waals surface area contributed by atoms with Gasteiger partial charge in [0.2, 0.25) is 0 Å². The molecule has 0 aliphatic heterocycles. The minimum atomic E-state index is 0.448. The van der Waals surface area contributed by atoms with Gasteiger partial charge in [0, 0.05) is 6.54 Å². The molecule has 0 radical (unpaired) electrons. The molecule has 0 atom stereocenters. The lowest BCUT2D eigenvalue weighted by atomic mass is 10.0. The molecule has 2 rings (SSSR count). The molecule has 2 aromatic rings. The number of rotatable bonds is 4. The van der Waals surface area contributed by atoms with Crippen molar-refractivity contribution < 1.29 is 4.74 Å². The number of nitrogens with zero attached hydrogens (tertiary/aromatic N) is 1. The van der Waals surface area contributed by atoms with E-state index in [-0.39, 0.29) is 0 Å². The van der Waals surface area contributed by atoms with E-state index < -0.39 is 0 Å². The van der Waals surface area contributed by atoms with E-state index in [1.807, 2.05) is 24.3 Å². The summed E-state index contributed by atoms with van der Waals surface area (Å²) in [5, 5.41) is 0. The second-order valence-electron chi connectivity index (χ2n) is 4.52. The van der Waals surface area contributed by atoms with Crippen LogP contribution in [0, 0.1) is 0 Å². The Morgan fingerprint density at radius 2 is 1.72 bits per heavy atom. The minimum Gasteiger partial charge on any atom is -0.456 e. The molecule has 0 aliphatic carbocycles. The highest BCUT2D eigenvalue weighted by Gasteiger charge is 2.01. The van der Waals surface area contributed by atoms with Crippen molar-refractivity contribution >= 4 is 0 Å². The maximum absolute atomic E-state index is 5.71. The normalized spacial score (nSPS) is 10.7. The van der Waals surface area contributed by atoms with Gasteiger partial charge in [-0.25, -0.2) is 0 Å². The van der Waals surface area contributed by atoms with Crippen LogP contribution in [0.1, 0.15) is 31.0 Å². The molecule has 0 fully saturated rings. The Morgan fingerprint density at radius 1 is 1.06 bits per heavy atom. The van der Waals surface area contributed by atoms with Crippen molar-refractivity contribution in [2.45, 2.75) is 26.3 Å². The standard InChI is InChI=1S/C15H18N2O/c1-11(2)12-3-6-14(7-4-12)18-15-8-5-13(9-16)17-10-15/h3-8,10-11H,9,16H2,1-2H3. The average Bonchev–Trinajstić information content (AvgIpc) is 2.40. The summed E-state index contributed by atoms with van der Waals surface area (Å²) in [5.74, 6) is 2.08. The molecule has 0 unspecified atom stereocenters. The maximum atomic E-state index is 5.71. The van der Waals surface area contributed by atoms with Gasteiger partial charge in [0.25, 0.3) is 0 Å². The minimum absolute atomic E-state index is 0.448. The molecular formula is C15H18N2O. The van der Waals surface area contributed by atoms with Gasteiger partial charge < -0.3 is 10.5 Å². The molecule has 1 aromatic carbocycles. The first-order valence-electron chi connectivity index (χ1n) is 6.12. The Labute approximate surface area is 108 Å². The lowest BCUT2D eigenvalue weighted by Crippen LogP contribution is -1.98. The molecule has 1 heterocycles. The predicted octanol–water partition coefficient (Wildman–Crippen LogP) is 3.46. The third kappa shape index (κ3) is 3.08. The lowest BCUT2D eigenvalue weighted by molar-refractivity contribution is 0.479. The van der Waals surface area contributed by atoms with Crippen LogP contribution in [-0.4, -0.2) is 4.98 Å². The first kappa shape index (κ1) is 12.6. The topological polar surface area (TPSA) is 48.1 Å². The first-order valence-corrected chi connectivity index (χ1v) is 6.12. The molecule has 94 valence electrons. The van der Waals surface area contributed by atoms with Crippen LogP contribution >= 0.6 is 0 Å². The van der Waals surface area contributed by atoms with E-state index in [0.717, 1.165) is 17.2 Å². The van der Waals surface area contributed by atoms with E-state index >= 15 is 0 Å². The highest BCUT2D eigenvalue weighted by molar-refractivity contribution is 5.33. The van der Waals surface area contributed by atoms with Gasteiger partial charge in [0.1, 0.15) is 11.5 Å². The van der Waals surface area contributed by atoms with E-state index in [2.05, 4.69) is 31.0 Å². The molecular weight excluding hydrogens is 224 g/mol. The number of hydrogen-bond donors (Lipinski definition) is 1. The van der Waals surface area contributed by atoms with Gasteiger partial charge in [-0.3, -0.25) is 4.98 Å². The zero-order valence-electron chi connectivity index (χ0n) is 10.8. The fourth-order valence-electron chi connectivity index (χ4n) is 1.65. The van der Waals surface area contributed by atoms with Crippen molar-refractivity contribution in [2.75, 3.05) is 0 Å². The SMILES string of the molecule is CC(C)c1ccc(Oc2ccc(CN)nc2)cc1. The van der Waals surface area contributed by atoms with Crippen molar-refractivity contribution in [3.8, 4) is 11.5 Å². The van der Waals surface area contributed by atoms with Crippen LogP contribution in [0.5, 0.6) is 11.5 Å². The summed E-state index contributed by atoms with van der Waals surface area (Å²) in [4.78, 5) is 4.19. The number of hydrogen-bond acceptors (Lipinski definition) is 3. The number of nitrogens with two attached hydrogens (primary N) is 1.